The second-order valence-corrected chi connectivity index (χ2v) is 8.93. The molecule has 3 heterocycles. The van der Waals surface area contributed by atoms with Gasteiger partial charge in [0.1, 0.15) is 0 Å². The minimum Gasteiger partial charge on any atom is -0.370 e. The van der Waals surface area contributed by atoms with Crippen LogP contribution in [-0.4, -0.2) is 63.6 Å². The van der Waals surface area contributed by atoms with Crippen LogP contribution in [0.25, 0.3) is 5.69 Å². The van der Waals surface area contributed by atoms with Gasteiger partial charge in [-0.15, -0.1) is 0 Å². The highest BCUT2D eigenvalue weighted by Crippen LogP contribution is 2.41. The minimum absolute atomic E-state index is 0.0876. The molecule has 0 bridgehead atoms. The lowest BCUT2D eigenvalue weighted by atomic mass is 9.80. The molecule has 30 heavy (non-hydrogen) atoms. The zero-order valence-electron chi connectivity index (χ0n) is 18.9. The van der Waals surface area contributed by atoms with E-state index in [1.54, 1.807) is 4.68 Å². The molecule has 2 aromatic rings. The van der Waals surface area contributed by atoms with E-state index in [9.17, 15) is 4.79 Å². The largest absolute Gasteiger partial charge is 0.370 e. The van der Waals surface area contributed by atoms with E-state index >= 15 is 0 Å². The molecule has 0 unspecified atom stereocenters. The van der Waals surface area contributed by atoms with E-state index in [1.165, 1.54) is 6.42 Å². The number of hydrogen-bond acceptors (Lipinski definition) is 4. The molecule has 0 radical (unpaired) electrons. The highest BCUT2D eigenvalue weighted by molar-refractivity contribution is 5.33. The van der Waals surface area contributed by atoms with Crippen LogP contribution in [0.2, 0.25) is 0 Å². The van der Waals surface area contributed by atoms with Crippen LogP contribution in [0.1, 0.15) is 44.4 Å². The van der Waals surface area contributed by atoms with Crippen molar-refractivity contribution in [1.82, 2.24) is 19.2 Å². The fourth-order valence-corrected chi connectivity index (χ4v) is 5.10. The lowest BCUT2D eigenvalue weighted by Gasteiger charge is -2.53. The average Bonchev–Trinajstić information content (AvgIpc) is 2.95. The molecule has 1 atom stereocenters. The Morgan fingerprint density at radius 2 is 1.77 bits per heavy atom. The molecule has 4 rings (SSSR count). The second-order valence-electron chi connectivity index (χ2n) is 8.93. The van der Waals surface area contributed by atoms with Crippen molar-refractivity contribution in [2.75, 3.05) is 32.7 Å². The van der Waals surface area contributed by atoms with E-state index in [-0.39, 0.29) is 11.2 Å². The Balaban J connectivity index is 1.37. The topological polar surface area (TPSA) is 42.6 Å². The predicted molar refractivity (Wildman–Crippen MR) is 120 cm³/mol. The first-order chi connectivity index (χ1) is 14.5. The quantitative estimate of drug-likeness (QED) is 0.701. The third-order valence-electron chi connectivity index (χ3n) is 7.20. The molecule has 2 saturated heterocycles. The third-order valence-corrected chi connectivity index (χ3v) is 7.20. The van der Waals surface area contributed by atoms with E-state index in [0.717, 1.165) is 69.1 Å². The van der Waals surface area contributed by atoms with Crippen LogP contribution in [0.15, 0.2) is 35.1 Å². The lowest BCUT2D eigenvalue weighted by Crippen LogP contribution is -2.59. The minimum atomic E-state index is 0.0876. The first-order valence-corrected chi connectivity index (χ1v) is 11.4. The molecule has 0 amide bonds. The van der Waals surface area contributed by atoms with Crippen molar-refractivity contribution in [3.8, 4) is 5.69 Å². The van der Waals surface area contributed by atoms with Crippen molar-refractivity contribution < 1.29 is 4.74 Å². The van der Waals surface area contributed by atoms with E-state index in [0.29, 0.717) is 6.10 Å². The molecule has 0 aliphatic carbocycles. The first-order valence-electron chi connectivity index (χ1n) is 11.4. The van der Waals surface area contributed by atoms with Crippen LogP contribution in [-0.2, 0) is 18.3 Å². The van der Waals surface area contributed by atoms with E-state index in [1.807, 2.05) is 42.1 Å². The number of para-hydroxylation sites is 1. The first kappa shape index (κ1) is 21.3. The second kappa shape index (κ2) is 8.69. The number of rotatable bonds is 7. The highest BCUT2D eigenvalue weighted by atomic mass is 16.5. The Hall–Kier alpha value is -1.89. The summed E-state index contributed by atoms with van der Waals surface area (Å²) in [7, 11) is 1.97. The molecular formula is C24H36N4O2. The summed E-state index contributed by atoms with van der Waals surface area (Å²) >= 11 is 0. The number of likely N-dealkylation sites (tertiary alicyclic amines) is 1. The lowest BCUT2D eigenvalue weighted by molar-refractivity contribution is -0.229. The van der Waals surface area contributed by atoms with Gasteiger partial charge in [0.2, 0.25) is 0 Å². The molecule has 0 saturated carbocycles. The summed E-state index contributed by atoms with van der Waals surface area (Å²) in [4.78, 5) is 18.0. The van der Waals surface area contributed by atoms with Crippen LogP contribution < -0.4 is 5.56 Å². The predicted octanol–water partition coefficient (Wildman–Crippen LogP) is 2.95. The zero-order chi connectivity index (χ0) is 21.3. The average molecular weight is 413 g/mol. The molecule has 1 spiro atoms. The van der Waals surface area contributed by atoms with Crippen LogP contribution in [0.5, 0.6) is 0 Å². The third kappa shape index (κ3) is 4.01. The van der Waals surface area contributed by atoms with Crippen molar-refractivity contribution in [2.45, 2.75) is 58.3 Å². The summed E-state index contributed by atoms with van der Waals surface area (Å²) in [5, 5.41) is 0. The summed E-state index contributed by atoms with van der Waals surface area (Å²) in [6.45, 7) is 12.4. The van der Waals surface area contributed by atoms with Gasteiger partial charge in [0.25, 0.3) is 5.56 Å². The monoisotopic (exact) mass is 412 g/mol. The van der Waals surface area contributed by atoms with Gasteiger partial charge in [-0.05, 0) is 45.0 Å². The van der Waals surface area contributed by atoms with E-state index in [2.05, 4.69) is 30.6 Å². The number of piperidine rings is 1. The number of ether oxygens (including phenoxy) is 1. The molecule has 2 fully saturated rings. The molecule has 1 aromatic heterocycles. The molecule has 6 nitrogen and oxygen atoms in total. The summed E-state index contributed by atoms with van der Waals surface area (Å²) in [6, 6.07) is 9.89. The molecular weight excluding hydrogens is 376 g/mol. The molecule has 1 aromatic carbocycles. The van der Waals surface area contributed by atoms with Crippen molar-refractivity contribution in [3.05, 3.63) is 51.9 Å². The summed E-state index contributed by atoms with van der Waals surface area (Å²) in [6.07, 6.45) is 3.72. The van der Waals surface area contributed by atoms with E-state index in [4.69, 9.17) is 4.74 Å². The van der Waals surface area contributed by atoms with Gasteiger partial charge in [0.05, 0.1) is 23.0 Å². The molecule has 164 valence electrons. The van der Waals surface area contributed by atoms with E-state index < -0.39 is 0 Å². The standard InChI is InChI=1S/C24H36N4O2/c1-5-26(6-2)17-21-16-24(30-21)12-14-27(15-13-24)18-22-19(3)25(4)28(23(22)29)20-10-8-7-9-11-20/h7-11,21H,5-6,12-18H2,1-4H3/t21-/m1/s1. The number of nitrogens with zero attached hydrogens (tertiary/aromatic N) is 4. The van der Waals surface area contributed by atoms with Gasteiger partial charge in [0.15, 0.2) is 0 Å². The zero-order valence-corrected chi connectivity index (χ0v) is 18.9. The number of benzene rings is 1. The molecule has 2 aliphatic rings. The maximum Gasteiger partial charge on any atom is 0.276 e. The summed E-state index contributed by atoms with van der Waals surface area (Å²) in [5.74, 6) is 0. The van der Waals surface area contributed by atoms with Crippen molar-refractivity contribution in [1.29, 1.82) is 0 Å². The van der Waals surface area contributed by atoms with Crippen LogP contribution in [0.3, 0.4) is 0 Å². The van der Waals surface area contributed by atoms with Crippen molar-refractivity contribution >= 4 is 0 Å². The maximum absolute atomic E-state index is 13.2. The number of likely N-dealkylation sites (N-methyl/N-ethyl adjacent to an activating group) is 1. The van der Waals surface area contributed by atoms with Gasteiger partial charge >= 0.3 is 0 Å². The Morgan fingerprint density at radius 1 is 1.13 bits per heavy atom. The fourth-order valence-electron chi connectivity index (χ4n) is 5.10. The van der Waals surface area contributed by atoms with Crippen molar-refractivity contribution in [2.24, 2.45) is 7.05 Å². The Bertz CT molecular complexity index is 897. The molecule has 0 N–H and O–H groups in total. The molecule has 6 heteroatoms. The van der Waals surface area contributed by atoms with Gasteiger partial charge in [-0.25, -0.2) is 4.68 Å². The van der Waals surface area contributed by atoms with Gasteiger partial charge in [0, 0.05) is 45.3 Å². The fraction of sp³-hybridized carbons (Fsp3) is 0.625. The van der Waals surface area contributed by atoms with Crippen molar-refractivity contribution in [3.63, 3.8) is 0 Å². The van der Waals surface area contributed by atoms with Gasteiger partial charge in [-0.3, -0.25) is 14.4 Å². The van der Waals surface area contributed by atoms with Gasteiger partial charge in [-0.2, -0.15) is 0 Å². The Kier molecular flexibility index (Phi) is 6.19. The Morgan fingerprint density at radius 3 is 2.37 bits per heavy atom. The maximum atomic E-state index is 13.2. The number of hydrogen-bond donors (Lipinski definition) is 0. The highest BCUT2D eigenvalue weighted by Gasteiger charge is 2.47. The van der Waals surface area contributed by atoms with Gasteiger partial charge in [-0.1, -0.05) is 32.0 Å². The number of aromatic nitrogens is 2. The normalized spacial score (nSPS) is 21.3. The smallest absolute Gasteiger partial charge is 0.276 e. The van der Waals surface area contributed by atoms with Crippen LogP contribution in [0.4, 0.5) is 0 Å². The Labute approximate surface area is 180 Å². The van der Waals surface area contributed by atoms with Crippen LogP contribution >= 0.6 is 0 Å². The molecule has 2 aliphatic heterocycles. The van der Waals surface area contributed by atoms with Gasteiger partial charge < -0.3 is 9.64 Å². The van der Waals surface area contributed by atoms with Crippen LogP contribution in [0, 0.1) is 6.92 Å². The summed E-state index contributed by atoms with van der Waals surface area (Å²) in [5.41, 5.74) is 3.05. The SMILES string of the molecule is CCN(CC)C[C@H]1CC2(CCN(Cc3c(C)n(C)n(-c4ccccc4)c3=O)CC2)O1. The summed E-state index contributed by atoms with van der Waals surface area (Å²) < 4.78 is 10.1.